The molecule has 0 saturated carbocycles. The lowest BCUT2D eigenvalue weighted by Gasteiger charge is -2.15. The summed E-state index contributed by atoms with van der Waals surface area (Å²) in [6.07, 6.45) is 1.03. The van der Waals surface area contributed by atoms with Crippen molar-refractivity contribution in [3.8, 4) is 5.75 Å². The number of rotatable bonds is 5. The predicted octanol–water partition coefficient (Wildman–Crippen LogP) is 4.17. The summed E-state index contributed by atoms with van der Waals surface area (Å²) < 4.78 is 5.66. The van der Waals surface area contributed by atoms with Gasteiger partial charge in [-0.3, -0.25) is 0 Å². The fourth-order valence-electron chi connectivity index (χ4n) is 1.35. The van der Waals surface area contributed by atoms with Crippen LogP contribution in [0, 0.1) is 5.92 Å². The molecule has 1 aromatic heterocycles. The number of carboxylic acids is 1. The molecule has 1 N–H and O–H groups in total. The molecule has 0 aliphatic rings. The van der Waals surface area contributed by atoms with Gasteiger partial charge in [0.15, 0.2) is 4.88 Å². The second kappa shape index (κ2) is 5.74. The first-order valence-corrected chi connectivity index (χ1v) is 7.07. The van der Waals surface area contributed by atoms with Crippen molar-refractivity contribution < 1.29 is 14.6 Å². The number of carbonyl (C=O) groups is 1. The summed E-state index contributed by atoms with van der Waals surface area (Å²) in [6.45, 7) is 11.0. The molecule has 1 atom stereocenters. The maximum atomic E-state index is 11.2. The Morgan fingerprint density at radius 3 is 2.56 bits per heavy atom. The van der Waals surface area contributed by atoms with E-state index in [1.54, 1.807) is 0 Å². The van der Waals surface area contributed by atoms with Crippen LogP contribution in [0.15, 0.2) is 6.07 Å². The van der Waals surface area contributed by atoms with Crippen molar-refractivity contribution in [3.63, 3.8) is 0 Å². The van der Waals surface area contributed by atoms with Crippen LogP contribution in [0.2, 0.25) is 0 Å². The Hall–Kier alpha value is -1.03. The molecule has 0 amide bonds. The molecule has 18 heavy (non-hydrogen) atoms. The zero-order chi connectivity index (χ0) is 13.9. The van der Waals surface area contributed by atoms with Crippen molar-refractivity contribution in [3.05, 3.63) is 15.8 Å². The van der Waals surface area contributed by atoms with Gasteiger partial charge >= 0.3 is 5.97 Å². The zero-order valence-corrected chi connectivity index (χ0v) is 12.6. The largest absolute Gasteiger partial charge is 0.492 e. The highest BCUT2D eigenvalue weighted by Crippen LogP contribution is 2.37. The van der Waals surface area contributed by atoms with Crippen LogP contribution in [0.1, 0.15) is 55.6 Å². The van der Waals surface area contributed by atoms with Gasteiger partial charge in [0.05, 0.1) is 6.61 Å². The highest BCUT2D eigenvalue weighted by molar-refractivity contribution is 7.14. The lowest BCUT2D eigenvalue weighted by molar-refractivity contribution is 0.0697. The van der Waals surface area contributed by atoms with Gasteiger partial charge in [0.1, 0.15) is 5.75 Å². The molecule has 1 aromatic rings. The Bertz CT molecular complexity index is 415. The minimum atomic E-state index is -0.908. The number of carboxylic acid groups (broad SMARTS) is 1. The van der Waals surface area contributed by atoms with E-state index in [4.69, 9.17) is 4.74 Å². The summed E-state index contributed by atoms with van der Waals surface area (Å²) in [5.41, 5.74) is -0.0488. The maximum Gasteiger partial charge on any atom is 0.349 e. The van der Waals surface area contributed by atoms with Gasteiger partial charge in [0.25, 0.3) is 0 Å². The van der Waals surface area contributed by atoms with Crippen LogP contribution < -0.4 is 4.74 Å². The molecule has 1 unspecified atom stereocenters. The first-order chi connectivity index (χ1) is 8.25. The van der Waals surface area contributed by atoms with E-state index in [2.05, 4.69) is 34.6 Å². The lowest BCUT2D eigenvalue weighted by Crippen LogP contribution is -2.09. The lowest BCUT2D eigenvalue weighted by atomic mass is 9.95. The van der Waals surface area contributed by atoms with Crippen LogP contribution in [0.3, 0.4) is 0 Å². The molecule has 1 rings (SSSR count). The molecule has 0 fully saturated rings. The average Bonchev–Trinajstić information content (AvgIpc) is 2.69. The number of thiophene rings is 1. The summed E-state index contributed by atoms with van der Waals surface area (Å²) in [5.74, 6) is 0.0389. The number of ether oxygens (including phenoxy) is 1. The van der Waals surface area contributed by atoms with Crippen molar-refractivity contribution in [1.82, 2.24) is 0 Å². The normalized spacial score (nSPS) is 13.4. The minimum Gasteiger partial charge on any atom is -0.492 e. The van der Waals surface area contributed by atoms with Gasteiger partial charge in [-0.15, -0.1) is 11.3 Å². The predicted molar refractivity (Wildman–Crippen MR) is 74.9 cm³/mol. The molecule has 0 aliphatic heterocycles. The minimum absolute atomic E-state index is 0.0488. The molecule has 0 aliphatic carbocycles. The van der Waals surface area contributed by atoms with Crippen LogP contribution in [-0.2, 0) is 5.41 Å². The second-order valence-electron chi connectivity index (χ2n) is 5.68. The number of hydrogen-bond donors (Lipinski definition) is 1. The van der Waals surface area contributed by atoms with E-state index < -0.39 is 5.97 Å². The second-order valence-corrected chi connectivity index (χ2v) is 6.74. The van der Waals surface area contributed by atoms with Crippen LogP contribution in [0.4, 0.5) is 0 Å². The topological polar surface area (TPSA) is 46.5 Å². The summed E-state index contributed by atoms with van der Waals surface area (Å²) >= 11 is 1.31. The molecule has 1 heterocycles. The van der Waals surface area contributed by atoms with Crippen LogP contribution >= 0.6 is 11.3 Å². The molecule has 0 bridgehead atoms. The van der Waals surface area contributed by atoms with Gasteiger partial charge in [0.2, 0.25) is 0 Å². The van der Waals surface area contributed by atoms with Crippen LogP contribution in [0.25, 0.3) is 0 Å². The van der Waals surface area contributed by atoms with Crippen molar-refractivity contribution in [2.24, 2.45) is 5.92 Å². The Morgan fingerprint density at radius 2 is 2.11 bits per heavy atom. The monoisotopic (exact) mass is 270 g/mol. The van der Waals surface area contributed by atoms with Gasteiger partial charge in [-0.05, 0) is 17.4 Å². The van der Waals surface area contributed by atoms with E-state index in [9.17, 15) is 9.90 Å². The SMILES string of the molecule is CCC(C)COc1cc(C(C)(C)C)sc1C(=O)O. The van der Waals surface area contributed by atoms with Gasteiger partial charge < -0.3 is 9.84 Å². The fourth-order valence-corrected chi connectivity index (χ4v) is 2.35. The van der Waals surface area contributed by atoms with Crippen LogP contribution in [-0.4, -0.2) is 17.7 Å². The van der Waals surface area contributed by atoms with Gasteiger partial charge in [0, 0.05) is 4.88 Å². The van der Waals surface area contributed by atoms with Gasteiger partial charge in [-0.1, -0.05) is 41.0 Å². The molecule has 3 nitrogen and oxygen atoms in total. The van der Waals surface area contributed by atoms with E-state index in [-0.39, 0.29) is 5.41 Å². The van der Waals surface area contributed by atoms with E-state index >= 15 is 0 Å². The van der Waals surface area contributed by atoms with E-state index in [1.807, 2.05) is 6.07 Å². The quantitative estimate of drug-likeness (QED) is 0.873. The Labute approximate surface area is 113 Å². The Kier molecular flexibility index (Phi) is 4.79. The molecule has 4 heteroatoms. The Morgan fingerprint density at radius 1 is 1.50 bits per heavy atom. The Balaban J connectivity index is 2.95. The summed E-state index contributed by atoms with van der Waals surface area (Å²) in [7, 11) is 0. The van der Waals surface area contributed by atoms with Gasteiger partial charge in [-0.25, -0.2) is 4.79 Å². The molecule has 102 valence electrons. The van der Waals surface area contributed by atoms with E-state index in [1.165, 1.54) is 11.3 Å². The van der Waals surface area contributed by atoms with Crippen molar-refractivity contribution in [1.29, 1.82) is 0 Å². The fraction of sp³-hybridized carbons (Fsp3) is 0.643. The number of aromatic carboxylic acids is 1. The molecule has 0 aromatic carbocycles. The van der Waals surface area contributed by atoms with Crippen LogP contribution in [0.5, 0.6) is 5.75 Å². The highest BCUT2D eigenvalue weighted by Gasteiger charge is 2.23. The average molecular weight is 270 g/mol. The molecular weight excluding hydrogens is 248 g/mol. The highest BCUT2D eigenvalue weighted by atomic mass is 32.1. The zero-order valence-electron chi connectivity index (χ0n) is 11.7. The van der Waals surface area contributed by atoms with Crippen molar-refractivity contribution >= 4 is 17.3 Å². The van der Waals surface area contributed by atoms with E-state index in [0.29, 0.717) is 23.2 Å². The summed E-state index contributed by atoms with van der Waals surface area (Å²) in [6, 6.07) is 1.87. The standard InChI is InChI=1S/C14H22O3S/c1-6-9(2)8-17-10-7-11(14(3,4)5)18-12(10)13(15)16/h7,9H,6,8H2,1-5H3,(H,15,16). The number of hydrogen-bond acceptors (Lipinski definition) is 3. The molecular formula is C14H22O3S. The van der Waals surface area contributed by atoms with Crippen molar-refractivity contribution in [2.45, 2.75) is 46.5 Å². The molecule has 0 spiro atoms. The molecule has 0 saturated heterocycles. The maximum absolute atomic E-state index is 11.2. The first kappa shape index (κ1) is 15.0. The van der Waals surface area contributed by atoms with E-state index in [0.717, 1.165) is 11.3 Å². The third-order valence-electron chi connectivity index (χ3n) is 2.85. The third kappa shape index (κ3) is 3.73. The summed E-state index contributed by atoms with van der Waals surface area (Å²) in [4.78, 5) is 12.6. The molecule has 0 radical (unpaired) electrons. The third-order valence-corrected chi connectivity index (χ3v) is 4.38. The van der Waals surface area contributed by atoms with Crippen molar-refractivity contribution in [2.75, 3.05) is 6.61 Å². The summed E-state index contributed by atoms with van der Waals surface area (Å²) in [5, 5.41) is 9.20. The smallest absolute Gasteiger partial charge is 0.349 e. The van der Waals surface area contributed by atoms with Gasteiger partial charge in [-0.2, -0.15) is 0 Å². The first-order valence-electron chi connectivity index (χ1n) is 6.26.